The zero-order valence-corrected chi connectivity index (χ0v) is 14.7. The van der Waals surface area contributed by atoms with Crippen LogP contribution in [0.5, 0.6) is 0 Å². The molecule has 0 saturated carbocycles. The maximum absolute atomic E-state index is 6.43. The molecule has 1 aromatic heterocycles. The van der Waals surface area contributed by atoms with Crippen LogP contribution >= 0.6 is 11.3 Å². The van der Waals surface area contributed by atoms with E-state index in [0.717, 1.165) is 13.1 Å². The second-order valence-corrected chi connectivity index (χ2v) is 10.1. The first kappa shape index (κ1) is 15.2. The zero-order chi connectivity index (χ0) is 14.0. The molecule has 1 fully saturated rings. The van der Waals surface area contributed by atoms with E-state index in [9.17, 15) is 0 Å². The Morgan fingerprint density at radius 1 is 1.37 bits per heavy atom. The van der Waals surface area contributed by atoms with Crippen molar-refractivity contribution < 1.29 is 4.43 Å². The molecule has 0 aromatic carbocycles. The van der Waals surface area contributed by atoms with E-state index in [1.807, 2.05) is 0 Å². The molecule has 4 heteroatoms. The number of hydrogen-bond donors (Lipinski definition) is 1. The number of thiophene rings is 1. The van der Waals surface area contributed by atoms with Crippen molar-refractivity contribution >= 4 is 20.4 Å². The topological polar surface area (TPSA) is 21.3 Å². The van der Waals surface area contributed by atoms with Crippen LogP contribution in [0, 0.1) is 11.3 Å². The first-order chi connectivity index (χ1) is 8.89. The molecule has 2 rings (SSSR count). The third-order valence-electron chi connectivity index (χ3n) is 3.89. The van der Waals surface area contributed by atoms with Gasteiger partial charge in [-0.1, -0.05) is 20.8 Å². The van der Waals surface area contributed by atoms with Crippen molar-refractivity contribution in [1.82, 2.24) is 5.32 Å². The van der Waals surface area contributed by atoms with Gasteiger partial charge < -0.3 is 9.74 Å². The predicted octanol–water partition coefficient (Wildman–Crippen LogP) is 3.47. The van der Waals surface area contributed by atoms with Crippen LogP contribution in [-0.4, -0.2) is 28.2 Å². The van der Waals surface area contributed by atoms with E-state index < -0.39 is 9.04 Å². The first-order valence-electron chi connectivity index (χ1n) is 7.28. The summed E-state index contributed by atoms with van der Waals surface area (Å²) < 4.78 is 6.43. The highest BCUT2D eigenvalue weighted by Gasteiger charge is 2.41. The van der Waals surface area contributed by atoms with Gasteiger partial charge in [-0.3, -0.25) is 0 Å². The SMILES string of the molecule is C[SiH](C)OC([C@@H]1CNC[C@@H]1c1ccsc1)C(C)(C)C. The van der Waals surface area contributed by atoms with Gasteiger partial charge in [0.25, 0.3) is 0 Å². The van der Waals surface area contributed by atoms with Crippen LogP contribution in [0.1, 0.15) is 32.3 Å². The normalized spacial score (nSPS) is 26.0. The lowest BCUT2D eigenvalue weighted by molar-refractivity contribution is 0.0340. The van der Waals surface area contributed by atoms with Crippen molar-refractivity contribution in [1.29, 1.82) is 0 Å². The van der Waals surface area contributed by atoms with Crippen LogP contribution in [-0.2, 0) is 4.43 Å². The second kappa shape index (κ2) is 6.08. The lowest BCUT2D eigenvalue weighted by atomic mass is 9.75. The number of nitrogens with one attached hydrogen (secondary N) is 1. The van der Waals surface area contributed by atoms with Crippen LogP contribution in [0.15, 0.2) is 16.8 Å². The Labute approximate surface area is 123 Å². The molecular weight excluding hydrogens is 270 g/mol. The van der Waals surface area contributed by atoms with Crippen LogP contribution < -0.4 is 5.32 Å². The fourth-order valence-corrected chi connectivity index (χ4v) is 5.03. The van der Waals surface area contributed by atoms with E-state index in [2.05, 4.69) is 56.0 Å². The molecular formula is C15H27NOSSi. The van der Waals surface area contributed by atoms with E-state index in [-0.39, 0.29) is 5.41 Å². The third kappa shape index (κ3) is 3.69. The van der Waals surface area contributed by atoms with Crippen molar-refractivity contribution in [3.63, 3.8) is 0 Å². The minimum atomic E-state index is -1.02. The summed E-state index contributed by atoms with van der Waals surface area (Å²) >= 11 is 1.80. The summed E-state index contributed by atoms with van der Waals surface area (Å²) in [6.45, 7) is 13.7. The molecule has 1 unspecified atom stereocenters. The molecule has 1 aliphatic heterocycles. The average Bonchev–Trinajstić information content (AvgIpc) is 2.94. The van der Waals surface area contributed by atoms with E-state index in [4.69, 9.17) is 4.43 Å². The third-order valence-corrected chi connectivity index (χ3v) is 5.43. The summed E-state index contributed by atoms with van der Waals surface area (Å²) in [7, 11) is -1.02. The van der Waals surface area contributed by atoms with Crippen LogP contribution in [0.25, 0.3) is 0 Å². The molecule has 0 amide bonds. The summed E-state index contributed by atoms with van der Waals surface area (Å²) in [6, 6.07) is 2.28. The van der Waals surface area contributed by atoms with Crippen molar-refractivity contribution in [2.45, 2.75) is 45.9 Å². The molecule has 0 bridgehead atoms. The Balaban J connectivity index is 2.20. The fraction of sp³-hybridized carbons (Fsp3) is 0.733. The molecule has 1 aromatic rings. The van der Waals surface area contributed by atoms with Gasteiger partial charge in [0.2, 0.25) is 0 Å². The Kier molecular flexibility index (Phi) is 4.87. The molecule has 0 radical (unpaired) electrons. The van der Waals surface area contributed by atoms with Crippen molar-refractivity contribution in [3.05, 3.63) is 22.4 Å². The van der Waals surface area contributed by atoms with Gasteiger partial charge in [0, 0.05) is 24.9 Å². The summed E-state index contributed by atoms with van der Waals surface area (Å²) in [5.41, 5.74) is 1.70. The predicted molar refractivity (Wildman–Crippen MR) is 86.6 cm³/mol. The summed E-state index contributed by atoms with van der Waals surface area (Å²) in [5.74, 6) is 1.22. The monoisotopic (exact) mass is 297 g/mol. The summed E-state index contributed by atoms with van der Waals surface area (Å²) in [4.78, 5) is 0. The van der Waals surface area contributed by atoms with Gasteiger partial charge in [-0.15, -0.1) is 0 Å². The van der Waals surface area contributed by atoms with E-state index in [0.29, 0.717) is 17.9 Å². The quantitative estimate of drug-likeness (QED) is 0.859. The number of rotatable bonds is 4. The van der Waals surface area contributed by atoms with Gasteiger partial charge in [0.1, 0.15) is 0 Å². The highest BCUT2D eigenvalue weighted by molar-refractivity contribution is 7.08. The van der Waals surface area contributed by atoms with Gasteiger partial charge in [-0.2, -0.15) is 11.3 Å². The molecule has 19 heavy (non-hydrogen) atoms. The van der Waals surface area contributed by atoms with E-state index in [1.54, 1.807) is 11.3 Å². The minimum Gasteiger partial charge on any atom is -0.417 e. The molecule has 2 heterocycles. The molecule has 3 atom stereocenters. The summed E-state index contributed by atoms with van der Waals surface area (Å²) in [6.07, 6.45) is 0.360. The zero-order valence-electron chi connectivity index (χ0n) is 12.8. The van der Waals surface area contributed by atoms with Gasteiger partial charge in [-0.25, -0.2) is 0 Å². The summed E-state index contributed by atoms with van der Waals surface area (Å²) in [5, 5.41) is 8.07. The second-order valence-electron chi connectivity index (χ2n) is 6.96. The Hall–Kier alpha value is -0.163. The molecule has 1 saturated heterocycles. The lowest BCUT2D eigenvalue weighted by Crippen LogP contribution is -2.42. The van der Waals surface area contributed by atoms with Crippen LogP contribution in [0.2, 0.25) is 13.1 Å². The maximum Gasteiger partial charge on any atom is 0.171 e. The van der Waals surface area contributed by atoms with Gasteiger partial charge >= 0.3 is 0 Å². The standard InChI is InChI=1S/C15H27NOSSi/c1-15(2,3)14(17-19(4)5)13-9-16-8-12(13)11-6-7-18-10-11/h6-7,10,12-14,16,19H,8-9H2,1-5H3/t12-,13-,14?/m1/s1. The van der Waals surface area contributed by atoms with E-state index in [1.165, 1.54) is 5.56 Å². The van der Waals surface area contributed by atoms with Gasteiger partial charge in [-0.05, 0) is 40.9 Å². The lowest BCUT2D eigenvalue weighted by Gasteiger charge is -2.39. The average molecular weight is 298 g/mol. The molecule has 0 aliphatic carbocycles. The highest BCUT2D eigenvalue weighted by Crippen LogP contribution is 2.39. The Bertz CT molecular complexity index is 385. The largest absolute Gasteiger partial charge is 0.417 e. The highest BCUT2D eigenvalue weighted by atomic mass is 32.1. The molecule has 1 aliphatic rings. The molecule has 0 spiro atoms. The smallest absolute Gasteiger partial charge is 0.171 e. The van der Waals surface area contributed by atoms with Crippen molar-refractivity contribution in [2.75, 3.05) is 13.1 Å². The van der Waals surface area contributed by atoms with Gasteiger partial charge in [0.15, 0.2) is 9.04 Å². The Morgan fingerprint density at radius 2 is 2.11 bits per heavy atom. The van der Waals surface area contributed by atoms with Crippen LogP contribution in [0.4, 0.5) is 0 Å². The number of hydrogen-bond acceptors (Lipinski definition) is 3. The first-order valence-corrected chi connectivity index (χ1v) is 11.0. The fourth-order valence-electron chi connectivity index (χ4n) is 3.11. The Morgan fingerprint density at radius 3 is 2.63 bits per heavy atom. The minimum absolute atomic E-state index is 0.211. The van der Waals surface area contributed by atoms with E-state index >= 15 is 0 Å². The molecule has 108 valence electrons. The molecule has 1 N–H and O–H groups in total. The molecule has 2 nitrogen and oxygen atoms in total. The van der Waals surface area contributed by atoms with Crippen molar-refractivity contribution in [2.24, 2.45) is 11.3 Å². The maximum atomic E-state index is 6.43. The van der Waals surface area contributed by atoms with Crippen LogP contribution in [0.3, 0.4) is 0 Å². The van der Waals surface area contributed by atoms with Gasteiger partial charge in [0.05, 0.1) is 6.10 Å². The van der Waals surface area contributed by atoms with Crippen molar-refractivity contribution in [3.8, 4) is 0 Å².